The van der Waals surface area contributed by atoms with E-state index in [4.69, 9.17) is 11.6 Å². The summed E-state index contributed by atoms with van der Waals surface area (Å²) in [4.78, 5) is 54.9. The molecule has 0 aromatic heterocycles. The highest BCUT2D eigenvalue weighted by molar-refractivity contribution is 6.31. The summed E-state index contributed by atoms with van der Waals surface area (Å²) in [6, 6.07) is 6.66. The number of benzene rings is 1. The Labute approximate surface area is 211 Å². The van der Waals surface area contributed by atoms with Crippen LogP contribution in [0.5, 0.6) is 0 Å². The van der Waals surface area contributed by atoms with Gasteiger partial charge in [-0.1, -0.05) is 61.2 Å². The summed E-state index contributed by atoms with van der Waals surface area (Å²) in [6.45, 7) is 1.92. The van der Waals surface area contributed by atoms with Gasteiger partial charge in [-0.05, 0) is 44.2 Å². The van der Waals surface area contributed by atoms with Crippen LogP contribution in [-0.4, -0.2) is 52.1 Å². The Morgan fingerprint density at radius 3 is 2.31 bits per heavy atom. The molecule has 4 amide bonds. The third-order valence-corrected chi connectivity index (χ3v) is 7.93. The predicted molar refractivity (Wildman–Crippen MR) is 133 cm³/mol. The van der Waals surface area contributed by atoms with Crippen molar-refractivity contribution in [2.24, 2.45) is 11.8 Å². The van der Waals surface area contributed by atoms with Crippen LogP contribution in [0.15, 0.2) is 36.4 Å². The molecule has 1 saturated carbocycles. The number of fused-ring (bicyclic) bond motifs is 1. The van der Waals surface area contributed by atoms with E-state index in [1.807, 2.05) is 30.4 Å². The number of nitrogens with zero attached hydrogens (tertiary/aromatic N) is 2. The van der Waals surface area contributed by atoms with E-state index in [9.17, 15) is 19.2 Å². The molecule has 1 aliphatic heterocycles. The average Bonchev–Trinajstić information content (AvgIpc) is 3.11. The van der Waals surface area contributed by atoms with Crippen molar-refractivity contribution >= 4 is 35.2 Å². The summed E-state index contributed by atoms with van der Waals surface area (Å²) in [7, 11) is 0. The number of halogens is 1. The summed E-state index contributed by atoms with van der Waals surface area (Å²) < 4.78 is 0. The first-order valence-corrected chi connectivity index (χ1v) is 13.1. The van der Waals surface area contributed by atoms with Gasteiger partial charge in [-0.15, -0.1) is 0 Å². The van der Waals surface area contributed by atoms with Crippen molar-refractivity contribution in [2.45, 2.75) is 76.9 Å². The van der Waals surface area contributed by atoms with Gasteiger partial charge in [-0.3, -0.25) is 24.1 Å². The Balaban J connectivity index is 1.45. The Kier molecular flexibility index (Phi) is 8.26. The van der Waals surface area contributed by atoms with E-state index in [-0.39, 0.29) is 61.0 Å². The van der Waals surface area contributed by atoms with E-state index >= 15 is 0 Å². The number of carbonyl (C=O) groups is 4. The summed E-state index contributed by atoms with van der Waals surface area (Å²) in [5, 5.41) is 3.63. The second-order valence-corrected chi connectivity index (χ2v) is 10.3. The van der Waals surface area contributed by atoms with Crippen molar-refractivity contribution < 1.29 is 19.2 Å². The van der Waals surface area contributed by atoms with E-state index in [1.165, 1.54) is 16.2 Å². The molecule has 35 heavy (non-hydrogen) atoms. The Morgan fingerprint density at radius 1 is 1.06 bits per heavy atom. The van der Waals surface area contributed by atoms with Gasteiger partial charge < -0.3 is 10.2 Å². The highest BCUT2D eigenvalue weighted by atomic mass is 35.5. The third kappa shape index (κ3) is 5.77. The topological polar surface area (TPSA) is 86.8 Å². The quantitative estimate of drug-likeness (QED) is 0.435. The molecule has 0 bridgehead atoms. The second kappa shape index (κ2) is 11.4. The lowest BCUT2D eigenvalue weighted by Crippen LogP contribution is -2.51. The maximum atomic E-state index is 13.4. The van der Waals surface area contributed by atoms with Gasteiger partial charge in [0.25, 0.3) is 0 Å². The van der Waals surface area contributed by atoms with Crippen LogP contribution in [0.1, 0.15) is 63.9 Å². The molecule has 188 valence electrons. The molecule has 0 radical (unpaired) electrons. The van der Waals surface area contributed by atoms with Crippen molar-refractivity contribution in [2.75, 3.05) is 6.54 Å². The van der Waals surface area contributed by atoms with E-state index in [0.29, 0.717) is 17.9 Å². The molecule has 2 fully saturated rings. The zero-order valence-electron chi connectivity index (χ0n) is 20.2. The van der Waals surface area contributed by atoms with Gasteiger partial charge >= 0.3 is 0 Å². The number of likely N-dealkylation sites (tertiary alicyclic amines) is 1. The number of allylic oxidation sites excluding steroid dienone is 2. The largest absolute Gasteiger partial charge is 0.352 e. The van der Waals surface area contributed by atoms with E-state index in [1.54, 1.807) is 13.0 Å². The monoisotopic (exact) mass is 499 g/mol. The van der Waals surface area contributed by atoms with Gasteiger partial charge in [0, 0.05) is 30.6 Å². The van der Waals surface area contributed by atoms with Crippen LogP contribution in [0, 0.1) is 11.8 Å². The fourth-order valence-electron chi connectivity index (χ4n) is 5.40. The molecule has 1 heterocycles. The third-order valence-electron chi connectivity index (χ3n) is 7.57. The first kappa shape index (κ1) is 25.4. The van der Waals surface area contributed by atoms with Crippen molar-refractivity contribution in [3.05, 3.63) is 47.0 Å². The molecule has 1 N–H and O–H groups in total. The SMILES string of the molecule is CC(C(=O)NC1CCCCC1)N(Cc1ccccc1Cl)C(=O)CCN1C(=O)[C@H]2CC=CC[C@H]2C1=O. The van der Waals surface area contributed by atoms with Gasteiger partial charge in [-0.25, -0.2) is 0 Å². The fraction of sp³-hybridized carbons (Fsp3) is 0.556. The van der Waals surface area contributed by atoms with Gasteiger partial charge in [0.15, 0.2) is 0 Å². The predicted octanol–water partition coefficient (Wildman–Crippen LogP) is 3.85. The summed E-state index contributed by atoms with van der Waals surface area (Å²) >= 11 is 6.36. The van der Waals surface area contributed by atoms with Crippen molar-refractivity contribution in [1.82, 2.24) is 15.1 Å². The maximum absolute atomic E-state index is 13.4. The van der Waals surface area contributed by atoms with Crippen molar-refractivity contribution in [3.63, 3.8) is 0 Å². The normalized spacial score (nSPS) is 23.2. The van der Waals surface area contributed by atoms with Crippen LogP contribution in [0.4, 0.5) is 0 Å². The molecular weight excluding hydrogens is 466 g/mol. The molecular formula is C27H34ClN3O4. The van der Waals surface area contributed by atoms with E-state index in [2.05, 4.69) is 5.32 Å². The minimum atomic E-state index is -0.711. The molecule has 1 saturated heterocycles. The molecule has 4 rings (SSSR count). The first-order valence-electron chi connectivity index (χ1n) is 12.7. The second-order valence-electron chi connectivity index (χ2n) is 9.87. The molecule has 1 aromatic rings. The highest BCUT2D eigenvalue weighted by Crippen LogP contribution is 2.35. The molecule has 1 aromatic carbocycles. The first-order chi connectivity index (χ1) is 16.9. The summed E-state index contributed by atoms with van der Waals surface area (Å²) in [5.41, 5.74) is 0.741. The summed E-state index contributed by atoms with van der Waals surface area (Å²) in [6.07, 6.45) is 10.3. The van der Waals surface area contributed by atoms with Crippen LogP contribution >= 0.6 is 11.6 Å². The molecule has 2 aliphatic carbocycles. The van der Waals surface area contributed by atoms with Crippen LogP contribution in [0.2, 0.25) is 5.02 Å². The Bertz CT molecular complexity index is 978. The lowest BCUT2D eigenvalue weighted by Gasteiger charge is -2.32. The number of nitrogens with one attached hydrogen (secondary N) is 1. The standard InChI is InChI=1S/C27H34ClN3O4/c1-18(25(33)29-20-10-3-2-4-11-20)31(17-19-9-5-8-14-23(19)28)24(32)15-16-30-26(34)21-12-6-7-13-22(21)27(30)35/h5-9,14,18,20-22H,2-4,10-13,15-17H2,1H3,(H,29,33)/t18?,21-,22+. The minimum Gasteiger partial charge on any atom is -0.352 e. The van der Waals surface area contributed by atoms with Crippen LogP contribution in [0.3, 0.4) is 0 Å². The summed E-state index contributed by atoms with van der Waals surface area (Å²) in [5.74, 6) is -1.51. The Hall–Kier alpha value is -2.67. The number of carbonyl (C=O) groups excluding carboxylic acids is 4. The number of rotatable bonds is 8. The molecule has 0 spiro atoms. The number of amides is 4. The van der Waals surface area contributed by atoms with E-state index < -0.39 is 6.04 Å². The van der Waals surface area contributed by atoms with Crippen molar-refractivity contribution in [3.8, 4) is 0 Å². The van der Waals surface area contributed by atoms with Gasteiger partial charge in [0.2, 0.25) is 23.6 Å². The molecule has 1 unspecified atom stereocenters. The van der Waals surface area contributed by atoms with Crippen LogP contribution < -0.4 is 5.32 Å². The van der Waals surface area contributed by atoms with E-state index in [0.717, 1.165) is 31.2 Å². The Morgan fingerprint density at radius 2 is 1.69 bits per heavy atom. The highest BCUT2D eigenvalue weighted by Gasteiger charge is 2.47. The van der Waals surface area contributed by atoms with Crippen LogP contribution in [0.25, 0.3) is 0 Å². The van der Waals surface area contributed by atoms with Crippen molar-refractivity contribution in [1.29, 1.82) is 0 Å². The fourth-order valence-corrected chi connectivity index (χ4v) is 5.60. The average molecular weight is 500 g/mol. The lowest BCUT2D eigenvalue weighted by atomic mass is 9.85. The van der Waals surface area contributed by atoms with Crippen LogP contribution in [-0.2, 0) is 25.7 Å². The minimum absolute atomic E-state index is 0.0273. The van der Waals surface area contributed by atoms with Gasteiger partial charge in [0.1, 0.15) is 6.04 Å². The lowest BCUT2D eigenvalue weighted by molar-refractivity contribution is -0.144. The zero-order valence-corrected chi connectivity index (χ0v) is 21.0. The number of hydrogen-bond donors (Lipinski definition) is 1. The molecule has 3 atom stereocenters. The smallest absolute Gasteiger partial charge is 0.242 e. The zero-order chi connectivity index (χ0) is 24.9. The maximum Gasteiger partial charge on any atom is 0.242 e. The number of hydrogen-bond acceptors (Lipinski definition) is 4. The van der Waals surface area contributed by atoms with Gasteiger partial charge in [0.05, 0.1) is 11.8 Å². The number of imide groups is 1. The molecule has 3 aliphatic rings. The van der Waals surface area contributed by atoms with Gasteiger partial charge in [-0.2, -0.15) is 0 Å². The molecule has 7 nitrogen and oxygen atoms in total. The molecule has 8 heteroatoms.